The first-order valence-corrected chi connectivity index (χ1v) is 9.56. The molecule has 29 heavy (non-hydrogen) atoms. The van der Waals surface area contributed by atoms with Gasteiger partial charge in [-0.05, 0) is 48.5 Å². The highest BCUT2D eigenvalue weighted by Gasteiger charge is 2.21. The van der Waals surface area contributed by atoms with Crippen molar-refractivity contribution in [3.8, 4) is 11.6 Å². The molecule has 1 aliphatic heterocycles. The van der Waals surface area contributed by atoms with E-state index < -0.39 is 0 Å². The van der Waals surface area contributed by atoms with E-state index in [2.05, 4.69) is 15.2 Å². The van der Waals surface area contributed by atoms with Crippen molar-refractivity contribution in [2.24, 2.45) is 0 Å². The van der Waals surface area contributed by atoms with Crippen LogP contribution < -0.4 is 19.7 Å². The lowest BCUT2D eigenvalue weighted by molar-refractivity contribution is 0.208. The van der Waals surface area contributed by atoms with E-state index >= 15 is 0 Å². The minimum atomic E-state index is -0.0831. The topological polar surface area (TPSA) is 66.9 Å². The van der Waals surface area contributed by atoms with E-state index in [0.29, 0.717) is 19.0 Å². The monoisotopic (exact) mass is 392 g/mol. The van der Waals surface area contributed by atoms with Crippen molar-refractivity contribution < 1.29 is 14.3 Å². The number of benzene rings is 2. The Morgan fingerprint density at radius 3 is 2.38 bits per heavy atom. The summed E-state index contributed by atoms with van der Waals surface area (Å²) >= 11 is 0. The van der Waals surface area contributed by atoms with Gasteiger partial charge in [0.15, 0.2) is 0 Å². The largest absolute Gasteiger partial charge is 0.497 e. The van der Waals surface area contributed by atoms with Crippen molar-refractivity contribution in [1.29, 1.82) is 0 Å². The number of nitrogens with zero attached hydrogens (tertiary/aromatic N) is 3. The Hall–Kier alpha value is -3.48. The van der Waals surface area contributed by atoms with Crippen LogP contribution in [0.5, 0.6) is 11.6 Å². The van der Waals surface area contributed by atoms with E-state index in [-0.39, 0.29) is 6.03 Å². The number of aromatic nitrogens is 1. The molecular weight excluding hydrogens is 368 g/mol. The quantitative estimate of drug-likeness (QED) is 0.735. The first kappa shape index (κ1) is 18.9. The van der Waals surface area contributed by atoms with Gasteiger partial charge in [-0.2, -0.15) is 0 Å². The molecule has 0 aliphatic carbocycles. The van der Waals surface area contributed by atoms with Crippen LogP contribution >= 0.6 is 0 Å². The predicted octanol–water partition coefficient (Wildman–Crippen LogP) is 3.61. The van der Waals surface area contributed by atoms with Crippen LogP contribution in [0.1, 0.15) is 0 Å². The van der Waals surface area contributed by atoms with Crippen molar-refractivity contribution in [1.82, 2.24) is 9.88 Å². The number of piperazine rings is 1. The number of hydrogen-bond donors (Lipinski definition) is 1. The summed E-state index contributed by atoms with van der Waals surface area (Å²) in [6.07, 6.45) is 0. The van der Waals surface area contributed by atoms with Crippen LogP contribution in [0, 0.1) is 0 Å². The second kappa shape index (κ2) is 8.26. The molecule has 2 aromatic carbocycles. The Morgan fingerprint density at radius 2 is 1.69 bits per heavy atom. The molecule has 3 aromatic rings. The highest BCUT2D eigenvalue weighted by atomic mass is 16.5. The summed E-state index contributed by atoms with van der Waals surface area (Å²) in [6.45, 7) is 2.93. The van der Waals surface area contributed by atoms with Gasteiger partial charge in [-0.15, -0.1) is 0 Å². The summed E-state index contributed by atoms with van der Waals surface area (Å²) in [5, 5.41) is 3.95. The van der Waals surface area contributed by atoms with Crippen LogP contribution in [0.4, 0.5) is 16.2 Å². The number of amides is 2. The molecule has 1 aliphatic rings. The molecule has 2 heterocycles. The number of carbonyl (C=O) groups excluding carboxylic acids is 1. The van der Waals surface area contributed by atoms with Gasteiger partial charge < -0.3 is 24.6 Å². The first-order chi connectivity index (χ1) is 14.2. The SMILES string of the molecule is COc1ccc(N2CCN(C(=O)Nc3ccc4nc(OC)ccc4c3)CC2)cc1. The van der Waals surface area contributed by atoms with Crippen molar-refractivity contribution in [2.45, 2.75) is 0 Å². The number of pyridine rings is 1. The molecule has 0 saturated carbocycles. The molecule has 7 heteroatoms. The van der Waals surface area contributed by atoms with Gasteiger partial charge in [0.05, 0.1) is 19.7 Å². The third kappa shape index (κ3) is 4.18. The Morgan fingerprint density at radius 1 is 0.931 bits per heavy atom. The summed E-state index contributed by atoms with van der Waals surface area (Å²) in [5.41, 5.74) is 2.73. The van der Waals surface area contributed by atoms with Gasteiger partial charge in [0.1, 0.15) is 5.75 Å². The maximum Gasteiger partial charge on any atom is 0.321 e. The molecule has 4 rings (SSSR count). The van der Waals surface area contributed by atoms with Crippen molar-refractivity contribution in [2.75, 3.05) is 50.6 Å². The van der Waals surface area contributed by atoms with Gasteiger partial charge in [0, 0.05) is 49.0 Å². The highest BCUT2D eigenvalue weighted by molar-refractivity contribution is 5.92. The van der Waals surface area contributed by atoms with Gasteiger partial charge >= 0.3 is 6.03 Å². The van der Waals surface area contributed by atoms with Crippen LogP contribution in [-0.2, 0) is 0 Å². The molecule has 0 radical (unpaired) electrons. The zero-order valence-electron chi connectivity index (χ0n) is 16.6. The summed E-state index contributed by atoms with van der Waals surface area (Å²) in [6, 6.07) is 17.3. The standard InChI is InChI=1S/C22H24N4O3/c1-28-19-7-5-18(6-8-19)25-11-13-26(14-12-25)22(27)23-17-4-9-20-16(15-17)3-10-21(24-20)29-2/h3-10,15H,11-14H2,1-2H3,(H,23,27). The van der Waals surface area contributed by atoms with Gasteiger partial charge in [0.2, 0.25) is 5.88 Å². The van der Waals surface area contributed by atoms with Crippen molar-refractivity contribution in [3.05, 3.63) is 54.6 Å². The number of fused-ring (bicyclic) bond motifs is 1. The minimum Gasteiger partial charge on any atom is -0.497 e. The Kier molecular flexibility index (Phi) is 5.37. The summed E-state index contributed by atoms with van der Waals surface area (Å²) in [7, 11) is 3.26. The van der Waals surface area contributed by atoms with Gasteiger partial charge in [-0.1, -0.05) is 0 Å². The fourth-order valence-electron chi connectivity index (χ4n) is 3.46. The lowest BCUT2D eigenvalue weighted by Gasteiger charge is -2.36. The van der Waals surface area contributed by atoms with Crippen LogP contribution in [0.3, 0.4) is 0 Å². The number of urea groups is 1. The number of hydrogen-bond acceptors (Lipinski definition) is 5. The maximum absolute atomic E-state index is 12.7. The normalized spacial score (nSPS) is 14.0. The minimum absolute atomic E-state index is 0.0831. The molecule has 0 atom stereocenters. The Bertz CT molecular complexity index is 999. The first-order valence-electron chi connectivity index (χ1n) is 9.56. The molecule has 1 saturated heterocycles. The lowest BCUT2D eigenvalue weighted by atomic mass is 10.2. The highest BCUT2D eigenvalue weighted by Crippen LogP contribution is 2.22. The molecular formula is C22H24N4O3. The molecule has 0 unspecified atom stereocenters. The van der Waals surface area contributed by atoms with E-state index in [1.165, 1.54) is 0 Å². The zero-order chi connectivity index (χ0) is 20.2. The van der Waals surface area contributed by atoms with Gasteiger partial charge in [-0.25, -0.2) is 9.78 Å². The molecule has 2 amide bonds. The third-order valence-corrected chi connectivity index (χ3v) is 5.13. The summed E-state index contributed by atoms with van der Waals surface area (Å²) < 4.78 is 10.4. The molecule has 0 bridgehead atoms. The van der Waals surface area contributed by atoms with Crippen LogP contribution in [0.2, 0.25) is 0 Å². The fourth-order valence-corrected chi connectivity index (χ4v) is 3.46. The maximum atomic E-state index is 12.7. The van der Waals surface area contributed by atoms with Crippen LogP contribution in [0.25, 0.3) is 10.9 Å². The Balaban J connectivity index is 1.36. The second-order valence-electron chi connectivity index (χ2n) is 6.86. The molecule has 1 N–H and O–H groups in total. The number of methoxy groups -OCH3 is 2. The molecule has 1 fully saturated rings. The number of anilines is 2. The average molecular weight is 392 g/mol. The van der Waals surface area contributed by atoms with Crippen LogP contribution in [0.15, 0.2) is 54.6 Å². The second-order valence-corrected chi connectivity index (χ2v) is 6.86. The van der Waals surface area contributed by atoms with E-state index in [1.54, 1.807) is 14.2 Å². The van der Waals surface area contributed by atoms with Gasteiger partial charge in [0.25, 0.3) is 0 Å². The Labute approximate surface area is 169 Å². The average Bonchev–Trinajstić information content (AvgIpc) is 2.79. The van der Waals surface area contributed by atoms with E-state index in [1.807, 2.05) is 59.5 Å². The number of rotatable bonds is 4. The fraction of sp³-hybridized carbons (Fsp3) is 0.273. The summed E-state index contributed by atoms with van der Waals surface area (Å²) in [5.74, 6) is 1.42. The smallest absolute Gasteiger partial charge is 0.321 e. The van der Waals surface area contributed by atoms with Crippen molar-refractivity contribution in [3.63, 3.8) is 0 Å². The molecule has 1 aromatic heterocycles. The van der Waals surface area contributed by atoms with Crippen LogP contribution in [-0.4, -0.2) is 56.3 Å². The molecule has 7 nitrogen and oxygen atoms in total. The van der Waals surface area contributed by atoms with Gasteiger partial charge in [-0.3, -0.25) is 0 Å². The number of ether oxygens (including phenoxy) is 2. The predicted molar refractivity (Wildman–Crippen MR) is 114 cm³/mol. The summed E-state index contributed by atoms with van der Waals surface area (Å²) in [4.78, 5) is 21.2. The zero-order valence-corrected chi connectivity index (χ0v) is 16.6. The number of nitrogens with one attached hydrogen (secondary N) is 1. The lowest BCUT2D eigenvalue weighted by Crippen LogP contribution is -2.50. The molecule has 0 spiro atoms. The van der Waals surface area contributed by atoms with E-state index in [4.69, 9.17) is 9.47 Å². The molecule has 150 valence electrons. The van der Waals surface area contributed by atoms with E-state index in [0.717, 1.165) is 41.1 Å². The van der Waals surface area contributed by atoms with Crippen molar-refractivity contribution >= 4 is 28.3 Å². The third-order valence-electron chi connectivity index (χ3n) is 5.13. The van der Waals surface area contributed by atoms with E-state index in [9.17, 15) is 4.79 Å². The number of carbonyl (C=O) groups is 1.